The van der Waals surface area contributed by atoms with Gasteiger partial charge < -0.3 is 5.32 Å². The summed E-state index contributed by atoms with van der Waals surface area (Å²) >= 11 is 0. The van der Waals surface area contributed by atoms with E-state index in [4.69, 9.17) is 0 Å². The molecule has 0 saturated heterocycles. The molecule has 0 atom stereocenters. The van der Waals surface area contributed by atoms with Crippen LogP contribution < -0.4 is 10.9 Å². The molecule has 106 valence electrons. The highest BCUT2D eigenvalue weighted by molar-refractivity contribution is 5.58. The summed E-state index contributed by atoms with van der Waals surface area (Å²) in [6.45, 7) is 3.44. The van der Waals surface area contributed by atoms with Crippen molar-refractivity contribution in [1.29, 1.82) is 0 Å². The number of nitrogens with zero attached hydrogens (tertiary/aromatic N) is 2. The van der Waals surface area contributed by atoms with Gasteiger partial charge in [0.05, 0.1) is 5.69 Å². The van der Waals surface area contributed by atoms with Crippen LogP contribution in [0.15, 0.2) is 35.1 Å². The van der Waals surface area contributed by atoms with Crippen LogP contribution in [0.5, 0.6) is 0 Å². The lowest BCUT2D eigenvalue weighted by atomic mass is 10.1. The zero-order valence-corrected chi connectivity index (χ0v) is 11.7. The number of halogens is 1. The van der Waals surface area contributed by atoms with E-state index in [9.17, 15) is 9.18 Å². The highest BCUT2D eigenvalue weighted by Gasteiger charge is 2.08. The van der Waals surface area contributed by atoms with Crippen molar-refractivity contribution in [2.24, 2.45) is 7.05 Å². The molecule has 1 aromatic heterocycles. The number of nitrogens with one attached hydrogen (secondary N) is 1. The van der Waals surface area contributed by atoms with E-state index in [2.05, 4.69) is 17.3 Å². The van der Waals surface area contributed by atoms with E-state index >= 15 is 0 Å². The summed E-state index contributed by atoms with van der Waals surface area (Å²) in [5.74, 6) is -0.289. The Labute approximate surface area is 117 Å². The van der Waals surface area contributed by atoms with Gasteiger partial charge in [-0.25, -0.2) is 9.07 Å². The molecular formula is C15H18FN3O. The fraction of sp³-hybridized carbons (Fsp3) is 0.333. The Bertz CT molecular complexity index is 635. The van der Waals surface area contributed by atoms with Gasteiger partial charge in [-0.1, -0.05) is 6.92 Å². The van der Waals surface area contributed by atoms with Crippen LogP contribution >= 0.6 is 0 Å². The lowest BCUT2D eigenvalue weighted by molar-refractivity contribution is 0.627. The van der Waals surface area contributed by atoms with Gasteiger partial charge in [0.25, 0.3) is 5.56 Å². The van der Waals surface area contributed by atoms with E-state index in [1.807, 2.05) is 0 Å². The predicted molar refractivity (Wildman–Crippen MR) is 76.9 cm³/mol. The highest BCUT2D eigenvalue weighted by atomic mass is 19.1. The number of hydrogen-bond acceptors (Lipinski definition) is 3. The van der Waals surface area contributed by atoms with E-state index in [1.54, 1.807) is 25.2 Å². The Morgan fingerprint density at radius 1 is 1.30 bits per heavy atom. The van der Waals surface area contributed by atoms with Crippen molar-refractivity contribution in [3.8, 4) is 11.3 Å². The van der Waals surface area contributed by atoms with Gasteiger partial charge in [0.15, 0.2) is 0 Å². The van der Waals surface area contributed by atoms with Gasteiger partial charge in [0.2, 0.25) is 0 Å². The van der Waals surface area contributed by atoms with E-state index in [0.29, 0.717) is 17.8 Å². The molecule has 0 spiro atoms. The first-order valence-electron chi connectivity index (χ1n) is 6.65. The summed E-state index contributed by atoms with van der Waals surface area (Å²) in [7, 11) is 1.62. The number of aromatic nitrogens is 2. The summed E-state index contributed by atoms with van der Waals surface area (Å²) in [6.07, 6.45) is 1.01. The zero-order valence-electron chi connectivity index (χ0n) is 11.7. The second-order valence-corrected chi connectivity index (χ2v) is 4.67. The fourth-order valence-electron chi connectivity index (χ4n) is 1.96. The molecular weight excluding hydrogens is 257 g/mol. The minimum absolute atomic E-state index is 0.112. The molecule has 0 aliphatic rings. The maximum absolute atomic E-state index is 12.9. The van der Waals surface area contributed by atoms with Crippen molar-refractivity contribution in [1.82, 2.24) is 15.1 Å². The molecule has 0 fully saturated rings. The average Bonchev–Trinajstić information content (AvgIpc) is 2.44. The smallest absolute Gasteiger partial charge is 0.271 e. The molecule has 0 aliphatic heterocycles. The van der Waals surface area contributed by atoms with Crippen molar-refractivity contribution in [2.45, 2.75) is 19.9 Å². The van der Waals surface area contributed by atoms with Crippen LogP contribution in [-0.4, -0.2) is 16.3 Å². The number of aryl methyl sites for hydroxylation is 1. The topological polar surface area (TPSA) is 46.9 Å². The Balaban J connectivity index is 2.35. The molecule has 0 amide bonds. The lowest BCUT2D eigenvalue weighted by Gasteiger charge is -2.08. The van der Waals surface area contributed by atoms with Gasteiger partial charge in [-0.15, -0.1) is 0 Å². The van der Waals surface area contributed by atoms with E-state index < -0.39 is 0 Å². The standard InChI is InChI=1S/C15H18FN3O/c1-3-8-17-10-12-9-14(18-19(2)15(12)20)11-4-6-13(16)7-5-11/h4-7,9,17H,3,8,10H2,1-2H3. The monoisotopic (exact) mass is 275 g/mol. The maximum atomic E-state index is 12.9. The molecule has 1 N–H and O–H groups in total. The quantitative estimate of drug-likeness (QED) is 0.850. The third-order valence-electron chi connectivity index (χ3n) is 3.02. The van der Waals surface area contributed by atoms with Crippen LogP contribution in [0.4, 0.5) is 4.39 Å². The van der Waals surface area contributed by atoms with Crippen molar-refractivity contribution in [3.63, 3.8) is 0 Å². The minimum Gasteiger partial charge on any atom is -0.312 e. The summed E-state index contributed by atoms with van der Waals surface area (Å²) in [5.41, 5.74) is 2.01. The number of hydrogen-bond donors (Lipinski definition) is 1. The van der Waals surface area contributed by atoms with Crippen LogP contribution in [0, 0.1) is 5.82 Å². The lowest BCUT2D eigenvalue weighted by Crippen LogP contribution is -2.27. The molecule has 0 radical (unpaired) electrons. The predicted octanol–water partition coefficient (Wildman–Crippen LogP) is 2.09. The summed E-state index contributed by atoms with van der Waals surface area (Å²) in [4.78, 5) is 12.0. The summed E-state index contributed by atoms with van der Waals surface area (Å²) in [5, 5.41) is 7.42. The Morgan fingerprint density at radius 3 is 2.65 bits per heavy atom. The van der Waals surface area contributed by atoms with Crippen LogP contribution in [0.1, 0.15) is 18.9 Å². The molecule has 4 nitrogen and oxygen atoms in total. The maximum Gasteiger partial charge on any atom is 0.271 e. The molecule has 0 bridgehead atoms. The average molecular weight is 275 g/mol. The van der Waals surface area contributed by atoms with Crippen LogP contribution in [0.25, 0.3) is 11.3 Å². The van der Waals surface area contributed by atoms with Crippen molar-refractivity contribution in [2.75, 3.05) is 6.54 Å². The molecule has 20 heavy (non-hydrogen) atoms. The third-order valence-corrected chi connectivity index (χ3v) is 3.02. The summed E-state index contributed by atoms with van der Waals surface area (Å²) in [6, 6.07) is 7.85. The second kappa shape index (κ2) is 6.43. The van der Waals surface area contributed by atoms with E-state index in [-0.39, 0.29) is 11.4 Å². The molecule has 1 heterocycles. The highest BCUT2D eigenvalue weighted by Crippen LogP contribution is 2.16. The largest absolute Gasteiger partial charge is 0.312 e. The van der Waals surface area contributed by atoms with Crippen LogP contribution in [0.3, 0.4) is 0 Å². The molecule has 5 heteroatoms. The van der Waals surface area contributed by atoms with E-state index in [0.717, 1.165) is 18.5 Å². The van der Waals surface area contributed by atoms with Gasteiger partial charge in [-0.05, 0) is 43.3 Å². The molecule has 0 aliphatic carbocycles. The van der Waals surface area contributed by atoms with Crippen molar-refractivity contribution in [3.05, 3.63) is 52.1 Å². The van der Waals surface area contributed by atoms with Crippen molar-refractivity contribution >= 4 is 0 Å². The van der Waals surface area contributed by atoms with Crippen molar-refractivity contribution < 1.29 is 4.39 Å². The van der Waals surface area contributed by atoms with Crippen LogP contribution in [0.2, 0.25) is 0 Å². The van der Waals surface area contributed by atoms with Gasteiger partial charge in [0.1, 0.15) is 5.82 Å². The van der Waals surface area contributed by atoms with Gasteiger partial charge in [-0.3, -0.25) is 4.79 Å². The fourth-order valence-corrected chi connectivity index (χ4v) is 1.96. The third kappa shape index (κ3) is 3.30. The molecule has 2 aromatic rings. The second-order valence-electron chi connectivity index (χ2n) is 4.67. The SMILES string of the molecule is CCCNCc1cc(-c2ccc(F)cc2)nn(C)c1=O. The minimum atomic E-state index is -0.289. The Kier molecular flexibility index (Phi) is 4.63. The molecule has 1 aromatic carbocycles. The first-order chi connectivity index (χ1) is 9.61. The number of rotatable bonds is 5. The zero-order chi connectivity index (χ0) is 14.5. The van der Waals surface area contributed by atoms with Gasteiger partial charge in [0, 0.05) is 24.7 Å². The normalized spacial score (nSPS) is 10.8. The Morgan fingerprint density at radius 2 is 2.00 bits per heavy atom. The first-order valence-corrected chi connectivity index (χ1v) is 6.65. The van der Waals surface area contributed by atoms with Gasteiger partial charge in [-0.2, -0.15) is 5.10 Å². The Hall–Kier alpha value is -2.01. The molecule has 0 unspecified atom stereocenters. The van der Waals surface area contributed by atoms with Crippen LogP contribution in [-0.2, 0) is 13.6 Å². The molecule has 2 rings (SSSR count). The van der Waals surface area contributed by atoms with E-state index in [1.165, 1.54) is 16.8 Å². The summed E-state index contributed by atoms with van der Waals surface area (Å²) < 4.78 is 14.3. The van der Waals surface area contributed by atoms with Gasteiger partial charge >= 0.3 is 0 Å². The first kappa shape index (κ1) is 14.4. The molecule has 0 saturated carbocycles. The number of benzene rings is 1.